The first-order valence-corrected chi connectivity index (χ1v) is 5.86. The molecule has 16 heavy (non-hydrogen) atoms. The summed E-state index contributed by atoms with van der Waals surface area (Å²) in [7, 11) is 2.10. The van der Waals surface area contributed by atoms with Crippen LogP contribution in [0, 0.1) is 5.41 Å². The summed E-state index contributed by atoms with van der Waals surface area (Å²) in [5.74, 6) is 1.01. The van der Waals surface area contributed by atoms with Gasteiger partial charge in [0.15, 0.2) is 0 Å². The smallest absolute Gasteiger partial charge is 0.117 e. The minimum absolute atomic E-state index is 0.186. The van der Waals surface area contributed by atoms with E-state index in [-0.39, 0.29) is 11.5 Å². The number of nitrogens with two attached hydrogens (primary N) is 1. The van der Waals surface area contributed by atoms with Crippen molar-refractivity contribution in [2.75, 3.05) is 13.6 Å². The van der Waals surface area contributed by atoms with E-state index < -0.39 is 0 Å². The lowest BCUT2D eigenvalue weighted by molar-refractivity contribution is 0.241. The zero-order valence-electron chi connectivity index (χ0n) is 10.9. The van der Waals surface area contributed by atoms with Crippen molar-refractivity contribution in [3.05, 3.63) is 24.2 Å². The van der Waals surface area contributed by atoms with Crippen LogP contribution in [0.2, 0.25) is 0 Å². The zero-order chi connectivity index (χ0) is 12.2. The van der Waals surface area contributed by atoms with Crippen molar-refractivity contribution in [2.24, 2.45) is 11.1 Å². The van der Waals surface area contributed by atoms with Crippen LogP contribution in [0.15, 0.2) is 22.8 Å². The summed E-state index contributed by atoms with van der Waals surface area (Å²) in [5, 5.41) is 0. The molecule has 0 aromatic carbocycles. The van der Waals surface area contributed by atoms with Crippen molar-refractivity contribution in [3.63, 3.8) is 0 Å². The van der Waals surface area contributed by atoms with Gasteiger partial charge in [0.25, 0.3) is 0 Å². The summed E-state index contributed by atoms with van der Waals surface area (Å²) >= 11 is 0. The van der Waals surface area contributed by atoms with Gasteiger partial charge in [-0.25, -0.2) is 0 Å². The Bertz CT molecular complexity index is 287. The van der Waals surface area contributed by atoms with Gasteiger partial charge in [0.2, 0.25) is 0 Å². The van der Waals surface area contributed by atoms with E-state index in [1.165, 1.54) is 0 Å². The van der Waals surface area contributed by atoms with Gasteiger partial charge in [-0.15, -0.1) is 0 Å². The van der Waals surface area contributed by atoms with E-state index >= 15 is 0 Å². The average molecular weight is 224 g/mol. The molecule has 0 aliphatic carbocycles. The van der Waals surface area contributed by atoms with Crippen LogP contribution in [0.1, 0.15) is 33.0 Å². The van der Waals surface area contributed by atoms with Gasteiger partial charge in [-0.3, -0.25) is 4.90 Å². The van der Waals surface area contributed by atoms with Gasteiger partial charge in [-0.05, 0) is 37.6 Å². The van der Waals surface area contributed by atoms with E-state index in [0.29, 0.717) is 0 Å². The maximum Gasteiger partial charge on any atom is 0.117 e. The zero-order valence-corrected chi connectivity index (χ0v) is 10.9. The van der Waals surface area contributed by atoms with Gasteiger partial charge in [0.05, 0.1) is 12.8 Å². The van der Waals surface area contributed by atoms with Crippen LogP contribution >= 0.6 is 0 Å². The molecule has 1 aromatic rings. The molecule has 3 nitrogen and oxygen atoms in total. The summed E-state index contributed by atoms with van der Waals surface area (Å²) in [5.41, 5.74) is 6.31. The SMILES string of the molecule is CN(CCC(N)C(C)(C)C)Cc1ccco1. The van der Waals surface area contributed by atoms with Crippen molar-refractivity contribution in [2.45, 2.75) is 39.8 Å². The van der Waals surface area contributed by atoms with E-state index in [0.717, 1.165) is 25.3 Å². The Kier molecular flexibility index (Phi) is 4.56. The molecule has 2 N–H and O–H groups in total. The van der Waals surface area contributed by atoms with Crippen LogP contribution in [0.25, 0.3) is 0 Å². The quantitative estimate of drug-likeness (QED) is 0.835. The van der Waals surface area contributed by atoms with Crippen molar-refractivity contribution in [1.82, 2.24) is 4.90 Å². The monoisotopic (exact) mass is 224 g/mol. The summed E-state index contributed by atoms with van der Waals surface area (Å²) in [6, 6.07) is 4.16. The topological polar surface area (TPSA) is 42.4 Å². The molecule has 1 atom stereocenters. The molecule has 0 saturated carbocycles. The molecule has 1 heterocycles. The third-order valence-electron chi connectivity index (χ3n) is 2.94. The second-order valence-electron chi connectivity index (χ2n) is 5.58. The lowest BCUT2D eigenvalue weighted by atomic mass is 9.85. The van der Waals surface area contributed by atoms with E-state index in [1.807, 2.05) is 12.1 Å². The molecule has 1 rings (SSSR count). The second kappa shape index (κ2) is 5.51. The number of hydrogen-bond donors (Lipinski definition) is 1. The van der Waals surface area contributed by atoms with Gasteiger partial charge in [-0.2, -0.15) is 0 Å². The molecule has 0 aliphatic rings. The highest BCUT2D eigenvalue weighted by Gasteiger charge is 2.20. The fraction of sp³-hybridized carbons (Fsp3) is 0.692. The molecule has 0 radical (unpaired) electrons. The summed E-state index contributed by atoms with van der Waals surface area (Å²) < 4.78 is 5.31. The van der Waals surface area contributed by atoms with E-state index in [2.05, 4.69) is 32.7 Å². The minimum atomic E-state index is 0.186. The Labute approximate surface area is 98.6 Å². The van der Waals surface area contributed by atoms with Crippen LogP contribution in [0.3, 0.4) is 0 Å². The molecular formula is C13H24N2O. The first-order valence-electron chi connectivity index (χ1n) is 5.86. The van der Waals surface area contributed by atoms with Crippen molar-refractivity contribution < 1.29 is 4.42 Å². The highest BCUT2D eigenvalue weighted by Crippen LogP contribution is 2.19. The Hall–Kier alpha value is -0.800. The fourth-order valence-electron chi connectivity index (χ4n) is 1.54. The molecular weight excluding hydrogens is 200 g/mol. The van der Waals surface area contributed by atoms with Crippen LogP contribution in [0.4, 0.5) is 0 Å². The number of rotatable bonds is 5. The third kappa shape index (κ3) is 4.37. The van der Waals surface area contributed by atoms with Crippen LogP contribution in [-0.4, -0.2) is 24.5 Å². The van der Waals surface area contributed by atoms with E-state index in [1.54, 1.807) is 6.26 Å². The Morgan fingerprint density at radius 3 is 2.62 bits per heavy atom. The molecule has 0 aliphatic heterocycles. The van der Waals surface area contributed by atoms with Crippen LogP contribution < -0.4 is 5.73 Å². The minimum Gasteiger partial charge on any atom is -0.468 e. The highest BCUT2D eigenvalue weighted by atomic mass is 16.3. The largest absolute Gasteiger partial charge is 0.468 e. The third-order valence-corrected chi connectivity index (χ3v) is 2.94. The van der Waals surface area contributed by atoms with Gasteiger partial charge < -0.3 is 10.2 Å². The molecule has 92 valence electrons. The van der Waals surface area contributed by atoms with Crippen molar-refractivity contribution >= 4 is 0 Å². The molecule has 0 amide bonds. The van der Waals surface area contributed by atoms with Gasteiger partial charge in [0, 0.05) is 6.04 Å². The summed E-state index contributed by atoms with van der Waals surface area (Å²) in [6.07, 6.45) is 2.73. The number of furan rings is 1. The molecule has 1 unspecified atom stereocenters. The summed E-state index contributed by atoms with van der Waals surface area (Å²) in [6.45, 7) is 8.40. The predicted octanol–water partition coefficient (Wildman–Crippen LogP) is 2.47. The highest BCUT2D eigenvalue weighted by molar-refractivity contribution is 4.97. The van der Waals surface area contributed by atoms with Crippen molar-refractivity contribution in [3.8, 4) is 0 Å². The maximum absolute atomic E-state index is 6.12. The van der Waals surface area contributed by atoms with Crippen molar-refractivity contribution in [1.29, 1.82) is 0 Å². The Morgan fingerprint density at radius 1 is 1.44 bits per heavy atom. The average Bonchev–Trinajstić information content (AvgIpc) is 2.65. The van der Waals surface area contributed by atoms with Gasteiger partial charge >= 0.3 is 0 Å². The summed E-state index contributed by atoms with van der Waals surface area (Å²) in [4.78, 5) is 2.24. The van der Waals surface area contributed by atoms with Crippen LogP contribution in [-0.2, 0) is 6.54 Å². The lowest BCUT2D eigenvalue weighted by Gasteiger charge is -2.28. The Morgan fingerprint density at radius 2 is 2.12 bits per heavy atom. The maximum atomic E-state index is 6.12. The van der Waals surface area contributed by atoms with Crippen LogP contribution in [0.5, 0.6) is 0 Å². The molecule has 0 bridgehead atoms. The second-order valence-corrected chi connectivity index (χ2v) is 5.58. The number of hydrogen-bond acceptors (Lipinski definition) is 3. The fourth-order valence-corrected chi connectivity index (χ4v) is 1.54. The molecule has 0 saturated heterocycles. The lowest BCUT2D eigenvalue weighted by Crippen LogP contribution is -2.37. The van der Waals surface area contributed by atoms with Gasteiger partial charge in [0.1, 0.15) is 5.76 Å². The standard InChI is InChI=1S/C13H24N2O/c1-13(2,3)12(14)7-8-15(4)10-11-6-5-9-16-11/h5-6,9,12H,7-8,10,14H2,1-4H3. The molecule has 0 fully saturated rings. The molecule has 3 heteroatoms. The Balaban J connectivity index is 2.28. The normalized spacial score (nSPS) is 14.4. The number of nitrogens with zero attached hydrogens (tertiary/aromatic N) is 1. The van der Waals surface area contributed by atoms with E-state index in [9.17, 15) is 0 Å². The predicted molar refractivity (Wildman–Crippen MR) is 67.1 cm³/mol. The first kappa shape index (κ1) is 13.3. The first-order chi connectivity index (χ1) is 7.39. The van der Waals surface area contributed by atoms with Gasteiger partial charge in [-0.1, -0.05) is 20.8 Å². The van der Waals surface area contributed by atoms with E-state index in [4.69, 9.17) is 10.2 Å². The molecule has 0 spiro atoms. The molecule has 1 aromatic heterocycles.